The van der Waals surface area contributed by atoms with Gasteiger partial charge in [0.15, 0.2) is 0 Å². The molecule has 0 heterocycles. The highest BCUT2D eigenvalue weighted by molar-refractivity contribution is 7.89. The Morgan fingerprint density at radius 2 is 1.93 bits per heavy atom. The third-order valence-corrected chi connectivity index (χ3v) is 2.65. The monoisotopic (exact) mass is 257 g/mol. The van der Waals surface area contributed by atoms with Crippen molar-refractivity contribution >= 4 is 39.7 Å². The van der Waals surface area contributed by atoms with Crippen LogP contribution in [-0.4, -0.2) is 8.42 Å². The molecule has 8 heteroatoms. The number of anilines is 1. The van der Waals surface area contributed by atoms with Gasteiger partial charge in [-0.1, -0.05) is 11.6 Å². The fourth-order valence-electron chi connectivity index (χ4n) is 0.790. The zero-order valence-electron chi connectivity index (χ0n) is 6.90. The number of nitrogen functional groups attached to an aromatic ring is 1. The Bertz CT molecular complexity index is 421. The summed E-state index contributed by atoms with van der Waals surface area (Å²) in [5.41, 5.74) is 2.75. The van der Waals surface area contributed by atoms with Gasteiger partial charge in [0.25, 0.3) is 0 Å². The number of nitrogens with two attached hydrogens (primary N) is 2. The van der Waals surface area contributed by atoms with Crippen LogP contribution in [0.5, 0.6) is 0 Å². The number of benzene rings is 1. The average molecular weight is 258 g/mol. The molecule has 14 heavy (non-hydrogen) atoms. The van der Waals surface area contributed by atoms with Crippen molar-refractivity contribution in [1.29, 1.82) is 0 Å². The van der Waals surface area contributed by atoms with E-state index in [1.165, 1.54) is 18.2 Å². The fraction of sp³-hybridized carbons (Fsp3) is 0. The lowest BCUT2D eigenvalue weighted by Crippen LogP contribution is -2.13. The summed E-state index contributed by atoms with van der Waals surface area (Å²) in [4.78, 5) is -0.0449. The Hall–Kier alpha value is -0.530. The highest BCUT2D eigenvalue weighted by Gasteiger charge is 2.09. The van der Waals surface area contributed by atoms with Crippen molar-refractivity contribution in [2.24, 2.45) is 11.0 Å². The first kappa shape index (κ1) is 13.5. The van der Waals surface area contributed by atoms with Crippen molar-refractivity contribution in [3.8, 4) is 0 Å². The highest BCUT2D eigenvalue weighted by atomic mass is 35.5. The van der Waals surface area contributed by atoms with Gasteiger partial charge in [0.1, 0.15) is 0 Å². The van der Waals surface area contributed by atoms with Gasteiger partial charge in [0.05, 0.1) is 15.6 Å². The van der Waals surface area contributed by atoms with Crippen molar-refractivity contribution in [3.63, 3.8) is 0 Å². The molecule has 0 amide bonds. The highest BCUT2D eigenvalue weighted by Crippen LogP contribution is 2.23. The summed E-state index contributed by atoms with van der Waals surface area (Å²) < 4.78 is 21.7. The number of nitrogens with one attached hydrogen (secondary N) is 1. The molecular formula is C6H9Cl2N3O2S. The molecule has 0 radical (unpaired) electrons. The Balaban J connectivity index is 0.00000169. The van der Waals surface area contributed by atoms with Gasteiger partial charge in [-0.25, -0.2) is 13.6 Å². The first-order chi connectivity index (χ1) is 5.95. The van der Waals surface area contributed by atoms with Crippen molar-refractivity contribution in [1.82, 2.24) is 0 Å². The van der Waals surface area contributed by atoms with E-state index in [9.17, 15) is 8.42 Å². The van der Waals surface area contributed by atoms with E-state index in [0.29, 0.717) is 5.69 Å². The van der Waals surface area contributed by atoms with Crippen LogP contribution in [-0.2, 0) is 10.0 Å². The van der Waals surface area contributed by atoms with Crippen LogP contribution in [0.2, 0.25) is 5.02 Å². The summed E-state index contributed by atoms with van der Waals surface area (Å²) in [6.07, 6.45) is 0. The van der Waals surface area contributed by atoms with E-state index < -0.39 is 10.0 Å². The first-order valence-corrected chi connectivity index (χ1v) is 5.16. The summed E-state index contributed by atoms with van der Waals surface area (Å²) in [5, 5.41) is 5.08. The Morgan fingerprint density at radius 1 is 1.36 bits per heavy atom. The molecule has 0 saturated carbocycles. The molecule has 0 unspecified atom stereocenters. The predicted octanol–water partition coefficient (Wildman–Crippen LogP) is 0.695. The zero-order chi connectivity index (χ0) is 10.1. The minimum absolute atomic E-state index is 0. The largest absolute Gasteiger partial charge is 0.323 e. The SMILES string of the molecule is Cl.NNc1ccc(S(N)(=O)=O)cc1Cl. The van der Waals surface area contributed by atoms with Crippen LogP contribution >= 0.6 is 24.0 Å². The second-order valence-electron chi connectivity index (χ2n) is 2.33. The first-order valence-electron chi connectivity index (χ1n) is 3.24. The lowest BCUT2D eigenvalue weighted by molar-refractivity contribution is 0.598. The summed E-state index contributed by atoms with van der Waals surface area (Å²) in [6.45, 7) is 0. The molecule has 1 aromatic rings. The third-order valence-electron chi connectivity index (χ3n) is 1.42. The summed E-state index contributed by atoms with van der Waals surface area (Å²) >= 11 is 5.67. The van der Waals surface area contributed by atoms with Gasteiger partial charge >= 0.3 is 0 Å². The molecule has 5 N–H and O–H groups in total. The van der Waals surface area contributed by atoms with E-state index in [0.717, 1.165) is 0 Å². The number of hydrazine groups is 1. The van der Waals surface area contributed by atoms with E-state index in [2.05, 4.69) is 5.43 Å². The number of hydrogen-bond donors (Lipinski definition) is 3. The summed E-state index contributed by atoms with van der Waals surface area (Å²) in [7, 11) is -3.70. The lowest BCUT2D eigenvalue weighted by atomic mass is 10.3. The predicted molar refractivity (Wildman–Crippen MR) is 57.9 cm³/mol. The standard InChI is InChI=1S/C6H8ClN3O2S.ClH/c7-5-3-4(13(9,11)12)1-2-6(5)10-8;/h1-3,10H,8H2,(H2,9,11,12);1H. The van der Waals surface area contributed by atoms with Crippen LogP contribution in [0.15, 0.2) is 23.1 Å². The van der Waals surface area contributed by atoms with Gasteiger partial charge < -0.3 is 5.43 Å². The van der Waals surface area contributed by atoms with Crippen LogP contribution in [0.4, 0.5) is 5.69 Å². The smallest absolute Gasteiger partial charge is 0.238 e. The van der Waals surface area contributed by atoms with Gasteiger partial charge in [-0.15, -0.1) is 12.4 Å². The lowest BCUT2D eigenvalue weighted by Gasteiger charge is -2.04. The second kappa shape index (κ2) is 4.81. The van der Waals surface area contributed by atoms with Crippen molar-refractivity contribution in [3.05, 3.63) is 23.2 Å². The molecule has 0 atom stereocenters. The number of primary sulfonamides is 1. The molecule has 0 fully saturated rings. The van der Waals surface area contributed by atoms with E-state index in [-0.39, 0.29) is 22.3 Å². The van der Waals surface area contributed by atoms with Crippen LogP contribution in [0.3, 0.4) is 0 Å². The molecule has 5 nitrogen and oxygen atoms in total. The van der Waals surface area contributed by atoms with Crippen LogP contribution in [0.25, 0.3) is 0 Å². The maximum Gasteiger partial charge on any atom is 0.238 e. The molecule has 0 aliphatic carbocycles. The van der Waals surface area contributed by atoms with Gasteiger partial charge in [0.2, 0.25) is 10.0 Å². The Labute approximate surface area is 92.8 Å². The third kappa shape index (κ3) is 3.00. The number of halogens is 2. The van der Waals surface area contributed by atoms with E-state index in [4.69, 9.17) is 22.6 Å². The van der Waals surface area contributed by atoms with Crippen molar-refractivity contribution in [2.45, 2.75) is 4.90 Å². The molecule has 0 saturated heterocycles. The molecule has 0 aliphatic heterocycles. The molecule has 0 spiro atoms. The van der Waals surface area contributed by atoms with Crippen LogP contribution in [0.1, 0.15) is 0 Å². The second-order valence-corrected chi connectivity index (χ2v) is 4.30. The Kier molecular flexibility index (Phi) is 4.63. The van der Waals surface area contributed by atoms with Crippen molar-refractivity contribution < 1.29 is 8.42 Å². The van der Waals surface area contributed by atoms with Gasteiger partial charge in [0, 0.05) is 0 Å². The molecule has 0 aromatic heterocycles. The quantitative estimate of drug-likeness (QED) is 0.537. The molecule has 0 aliphatic rings. The molecule has 1 aromatic carbocycles. The van der Waals surface area contributed by atoms with Crippen LogP contribution < -0.4 is 16.4 Å². The Morgan fingerprint density at radius 3 is 2.29 bits per heavy atom. The average Bonchev–Trinajstić information content (AvgIpc) is 2.02. The normalized spacial score (nSPS) is 10.5. The maximum absolute atomic E-state index is 10.9. The topological polar surface area (TPSA) is 98.2 Å². The molecule has 0 bridgehead atoms. The molecule has 1 rings (SSSR count). The number of sulfonamides is 1. The maximum atomic E-state index is 10.9. The van der Waals surface area contributed by atoms with Crippen LogP contribution in [0, 0.1) is 0 Å². The zero-order valence-corrected chi connectivity index (χ0v) is 9.29. The molecular weight excluding hydrogens is 249 g/mol. The number of rotatable bonds is 2. The van der Waals surface area contributed by atoms with Gasteiger partial charge in [-0.05, 0) is 18.2 Å². The minimum Gasteiger partial charge on any atom is -0.323 e. The van der Waals surface area contributed by atoms with E-state index >= 15 is 0 Å². The summed E-state index contributed by atoms with van der Waals surface area (Å²) in [5.74, 6) is 5.09. The van der Waals surface area contributed by atoms with Gasteiger partial charge in [-0.3, -0.25) is 5.84 Å². The summed E-state index contributed by atoms with van der Waals surface area (Å²) in [6, 6.07) is 3.98. The van der Waals surface area contributed by atoms with Crippen molar-refractivity contribution in [2.75, 3.05) is 5.43 Å². The van der Waals surface area contributed by atoms with E-state index in [1.54, 1.807) is 0 Å². The van der Waals surface area contributed by atoms with E-state index in [1.807, 2.05) is 0 Å². The fourth-order valence-corrected chi connectivity index (χ4v) is 1.63. The number of hydrogen-bond acceptors (Lipinski definition) is 4. The van der Waals surface area contributed by atoms with Gasteiger partial charge in [-0.2, -0.15) is 0 Å². The minimum atomic E-state index is -3.70. The molecule has 80 valence electrons.